The highest BCUT2D eigenvalue weighted by molar-refractivity contribution is 9.10. The summed E-state index contributed by atoms with van der Waals surface area (Å²) in [5.41, 5.74) is 3.57. The van der Waals surface area contributed by atoms with Crippen LogP contribution in [-0.4, -0.2) is 11.5 Å². The standard InChI is InChI=1S/C14H15BrN2/c1-11-9-13(10-17-14(11)15)16-8-7-12-5-3-2-4-6-12/h2-6,9-10,16H,7-8H2,1H3. The van der Waals surface area contributed by atoms with Gasteiger partial charge >= 0.3 is 0 Å². The molecular formula is C14H15BrN2. The second-order valence-corrected chi connectivity index (χ2v) is 4.75. The van der Waals surface area contributed by atoms with Gasteiger partial charge in [0.2, 0.25) is 0 Å². The predicted molar refractivity (Wildman–Crippen MR) is 75.3 cm³/mol. The van der Waals surface area contributed by atoms with Gasteiger partial charge in [-0.25, -0.2) is 4.98 Å². The summed E-state index contributed by atoms with van der Waals surface area (Å²) in [6.07, 6.45) is 2.87. The van der Waals surface area contributed by atoms with Crippen molar-refractivity contribution in [1.82, 2.24) is 4.98 Å². The lowest BCUT2D eigenvalue weighted by molar-refractivity contribution is 1.01. The van der Waals surface area contributed by atoms with Gasteiger partial charge in [0.1, 0.15) is 4.60 Å². The number of nitrogens with zero attached hydrogens (tertiary/aromatic N) is 1. The van der Waals surface area contributed by atoms with Gasteiger partial charge < -0.3 is 5.32 Å². The minimum Gasteiger partial charge on any atom is -0.383 e. The third-order valence-electron chi connectivity index (χ3n) is 2.60. The van der Waals surface area contributed by atoms with Crippen LogP contribution < -0.4 is 5.32 Å². The molecule has 3 heteroatoms. The first-order chi connectivity index (χ1) is 8.25. The Balaban J connectivity index is 1.88. The maximum Gasteiger partial charge on any atom is 0.109 e. The Labute approximate surface area is 110 Å². The first-order valence-corrected chi connectivity index (χ1v) is 6.45. The Kier molecular flexibility index (Phi) is 4.15. The van der Waals surface area contributed by atoms with Gasteiger partial charge in [-0.05, 0) is 46.5 Å². The molecule has 1 aromatic carbocycles. The molecule has 2 aromatic rings. The SMILES string of the molecule is Cc1cc(NCCc2ccccc2)cnc1Br. The molecule has 0 fully saturated rings. The molecule has 2 nitrogen and oxygen atoms in total. The van der Waals surface area contributed by atoms with Crippen molar-refractivity contribution in [3.63, 3.8) is 0 Å². The van der Waals surface area contributed by atoms with Gasteiger partial charge in [0.05, 0.1) is 11.9 Å². The van der Waals surface area contributed by atoms with Crippen molar-refractivity contribution in [1.29, 1.82) is 0 Å². The minimum atomic E-state index is 0.908. The van der Waals surface area contributed by atoms with Crippen LogP contribution in [0.1, 0.15) is 11.1 Å². The number of pyridine rings is 1. The molecule has 0 spiro atoms. The molecule has 17 heavy (non-hydrogen) atoms. The van der Waals surface area contributed by atoms with Crippen LogP contribution in [0, 0.1) is 6.92 Å². The highest BCUT2D eigenvalue weighted by atomic mass is 79.9. The van der Waals surface area contributed by atoms with E-state index >= 15 is 0 Å². The zero-order chi connectivity index (χ0) is 12.1. The summed E-state index contributed by atoms with van der Waals surface area (Å²) < 4.78 is 0.908. The molecule has 88 valence electrons. The van der Waals surface area contributed by atoms with Gasteiger partial charge in [0.15, 0.2) is 0 Å². The Morgan fingerprint density at radius 1 is 1.24 bits per heavy atom. The molecule has 1 heterocycles. The van der Waals surface area contributed by atoms with E-state index in [-0.39, 0.29) is 0 Å². The summed E-state index contributed by atoms with van der Waals surface area (Å²) in [5, 5.41) is 3.38. The third kappa shape index (κ3) is 3.56. The van der Waals surface area contributed by atoms with Crippen molar-refractivity contribution in [3.05, 3.63) is 58.3 Å². The average Bonchev–Trinajstić information content (AvgIpc) is 2.35. The number of rotatable bonds is 4. The van der Waals surface area contributed by atoms with Gasteiger partial charge in [-0.2, -0.15) is 0 Å². The lowest BCUT2D eigenvalue weighted by Gasteiger charge is -2.07. The van der Waals surface area contributed by atoms with E-state index in [1.54, 1.807) is 0 Å². The van der Waals surface area contributed by atoms with Crippen molar-refractivity contribution in [2.75, 3.05) is 11.9 Å². The molecule has 0 aliphatic rings. The van der Waals surface area contributed by atoms with Gasteiger partial charge in [-0.1, -0.05) is 30.3 Å². The van der Waals surface area contributed by atoms with E-state index in [1.165, 1.54) is 5.56 Å². The molecule has 1 N–H and O–H groups in total. The first kappa shape index (κ1) is 12.1. The second-order valence-electron chi connectivity index (χ2n) is 3.99. The molecule has 1 aromatic heterocycles. The Morgan fingerprint density at radius 3 is 2.71 bits per heavy atom. The topological polar surface area (TPSA) is 24.9 Å². The fourth-order valence-corrected chi connectivity index (χ4v) is 1.87. The van der Waals surface area contributed by atoms with Crippen molar-refractivity contribution in [3.8, 4) is 0 Å². The molecular weight excluding hydrogens is 276 g/mol. The van der Waals surface area contributed by atoms with Crippen LogP contribution in [0.3, 0.4) is 0 Å². The van der Waals surface area contributed by atoms with Crippen LogP contribution in [-0.2, 0) is 6.42 Å². The fraction of sp³-hybridized carbons (Fsp3) is 0.214. The van der Waals surface area contributed by atoms with Crippen LogP contribution in [0.2, 0.25) is 0 Å². The highest BCUT2D eigenvalue weighted by Gasteiger charge is 1.98. The Hall–Kier alpha value is -1.35. The fourth-order valence-electron chi connectivity index (χ4n) is 1.65. The third-order valence-corrected chi connectivity index (χ3v) is 3.43. The number of aryl methyl sites for hydroxylation is 1. The van der Waals surface area contributed by atoms with E-state index in [2.05, 4.69) is 56.6 Å². The largest absolute Gasteiger partial charge is 0.383 e. The van der Waals surface area contributed by atoms with Crippen molar-refractivity contribution < 1.29 is 0 Å². The first-order valence-electron chi connectivity index (χ1n) is 5.65. The molecule has 0 radical (unpaired) electrons. The predicted octanol–water partition coefficient (Wildman–Crippen LogP) is 3.81. The van der Waals surface area contributed by atoms with Gasteiger partial charge in [0.25, 0.3) is 0 Å². The smallest absolute Gasteiger partial charge is 0.109 e. The van der Waals surface area contributed by atoms with Crippen LogP contribution >= 0.6 is 15.9 Å². The summed E-state index contributed by atoms with van der Waals surface area (Å²) in [6.45, 7) is 2.96. The molecule has 0 bridgehead atoms. The second kappa shape index (κ2) is 5.82. The molecule has 0 amide bonds. The molecule has 0 aliphatic carbocycles. The lowest BCUT2D eigenvalue weighted by Crippen LogP contribution is -2.05. The summed E-state index contributed by atoms with van der Waals surface area (Å²) in [5.74, 6) is 0. The number of hydrogen-bond donors (Lipinski definition) is 1. The molecule has 0 unspecified atom stereocenters. The number of nitrogens with one attached hydrogen (secondary N) is 1. The van der Waals surface area contributed by atoms with Crippen LogP contribution in [0.4, 0.5) is 5.69 Å². The summed E-state index contributed by atoms with van der Waals surface area (Å²) in [6, 6.07) is 12.6. The molecule has 2 rings (SSSR count). The van der Waals surface area contributed by atoms with E-state index < -0.39 is 0 Å². The molecule has 0 saturated heterocycles. The van der Waals surface area contributed by atoms with Gasteiger partial charge in [-0.3, -0.25) is 0 Å². The zero-order valence-corrected chi connectivity index (χ0v) is 11.4. The average molecular weight is 291 g/mol. The highest BCUT2D eigenvalue weighted by Crippen LogP contribution is 2.16. The lowest BCUT2D eigenvalue weighted by atomic mass is 10.1. The minimum absolute atomic E-state index is 0.908. The zero-order valence-electron chi connectivity index (χ0n) is 9.78. The summed E-state index contributed by atoms with van der Waals surface area (Å²) >= 11 is 3.40. The number of benzene rings is 1. The van der Waals surface area contributed by atoms with Crippen LogP contribution in [0.5, 0.6) is 0 Å². The number of anilines is 1. The van der Waals surface area contributed by atoms with Gasteiger partial charge in [0, 0.05) is 6.54 Å². The molecule has 0 saturated carbocycles. The Bertz CT molecular complexity index is 483. The summed E-state index contributed by atoms with van der Waals surface area (Å²) in [7, 11) is 0. The maximum absolute atomic E-state index is 4.26. The Morgan fingerprint density at radius 2 is 2.00 bits per heavy atom. The number of aromatic nitrogens is 1. The van der Waals surface area contributed by atoms with Crippen LogP contribution in [0.25, 0.3) is 0 Å². The number of halogens is 1. The maximum atomic E-state index is 4.26. The number of hydrogen-bond acceptors (Lipinski definition) is 2. The monoisotopic (exact) mass is 290 g/mol. The van der Waals surface area contributed by atoms with Gasteiger partial charge in [-0.15, -0.1) is 0 Å². The van der Waals surface area contributed by atoms with Crippen molar-refractivity contribution in [2.45, 2.75) is 13.3 Å². The normalized spacial score (nSPS) is 10.2. The van der Waals surface area contributed by atoms with Crippen molar-refractivity contribution >= 4 is 21.6 Å². The molecule has 0 atom stereocenters. The summed E-state index contributed by atoms with van der Waals surface area (Å²) in [4.78, 5) is 4.26. The molecule has 0 aliphatic heterocycles. The van der Waals surface area contributed by atoms with E-state index in [0.29, 0.717) is 0 Å². The van der Waals surface area contributed by atoms with E-state index in [9.17, 15) is 0 Å². The van der Waals surface area contributed by atoms with E-state index in [1.807, 2.05) is 19.2 Å². The quantitative estimate of drug-likeness (QED) is 0.866. The van der Waals surface area contributed by atoms with Crippen LogP contribution in [0.15, 0.2) is 47.2 Å². The van der Waals surface area contributed by atoms with E-state index in [0.717, 1.165) is 28.8 Å². The van der Waals surface area contributed by atoms with Crippen molar-refractivity contribution in [2.24, 2.45) is 0 Å². The van der Waals surface area contributed by atoms with E-state index in [4.69, 9.17) is 0 Å².